The molecule has 1 N–H and O–H groups in total. The molecule has 0 bridgehead atoms. The van der Waals surface area contributed by atoms with Crippen molar-refractivity contribution in [3.8, 4) is 0 Å². The topological polar surface area (TPSA) is 68.0 Å². The highest BCUT2D eigenvalue weighted by Gasteiger charge is 2.02. The molecule has 84 valence electrons. The maximum absolute atomic E-state index is 10.3. The number of unbranched alkanes of at least 4 members (excludes halogenated alkanes) is 2. The number of aromatic nitrogens is 3. The molecule has 0 radical (unpaired) electrons. The zero-order chi connectivity index (χ0) is 11.3. The zero-order valence-corrected chi connectivity index (χ0v) is 9.23. The molecule has 1 rings (SSSR count). The van der Waals surface area contributed by atoms with Crippen molar-refractivity contribution in [1.82, 2.24) is 14.8 Å². The van der Waals surface area contributed by atoms with Crippen LogP contribution in [0, 0.1) is 13.8 Å². The van der Waals surface area contributed by atoms with E-state index < -0.39 is 5.97 Å². The summed E-state index contributed by atoms with van der Waals surface area (Å²) < 4.78 is 1.87. The maximum Gasteiger partial charge on any atom is 0.303 e. The minimum absolute atomic E-state index is 0.259. The largest absolute Gasteiger partial charge is 0.481 e. The van der Waals surface area contributed by atoms with Gasteiger partial charge in [-0.2, -0.15) is 5.10 Å². The number of aliphatic carboxylic acids is 1. The Labute approximate surface area is 89.1 Å². The van der Waals surface area contributed by atoms with E-state index in [1.807, 2.05) is 18.5 Å². The highest BCUT2D eigenvalue weighted by atomic mass is 16.4. The fraction of sp³-hybridized carbons (Fsp3) is 0.700. The van der Waals surface area contributed by atoms with Crippen LogP contribution in [0.2, 0.25) is 0 Å². The van der Waals surface area contributed by atoms with Crippen LogP contribution in [0.5, 0.6) is 0 Å². The molecule has 1 heterocycles. The quantitative estimate of drug-likeness (QED) is 0.725. The molecule has 1 aromatic rings. The molecular weight excluding hydrogens is 194 g/mol. The number of nitrogens with zero attached hydrogens (tertiary/aromatic N) is 3. The summed E-state index contributed by atoms with van der Waals surface area (Å²) in [7, 11) is 0. The van der Waals surface area contributed by atoms with Crippen molar-refractivity contribution < 1.29 is 9.90 Å². The van der Waals surface area contributed by atoms with E-state index in [0.29, 0.717) is 0 Å². The lowest BCUT2D eigenvalue weighted by molar-refractivity contribution is -0.137. The predicted octanol–water partition coefficient (Wildman–Crippen LogP) is 1.54. The van der Waals surface area contributed by atoms with Gasteiger partial charge in [-0.15, -0.1) is 0 Å². The Morgan fingerprint density at radius 3 is 2.60 bits per heavy atom. The van der Waals surface area contributed by atoms with Crippen LogP contribution in [0.4, 0.5) is 0 Å². The Bertz CT molecular complexity index is 333. The van der Waals surface area contributed by atoms with Gasteiger partial charge in [0, 0.05) is 13.0 Å². The van der Waals surface area contributed by atoms with Crippen molar-refractivity contribution in [3.05, 3.63) is 11.6 Å². The Balaban J connectivity index is 2.20. The van der Waals surface area contributed by atoms with E-state index in [9.17, 15) is 4.79 Å². The molecule has 0 atom stereocenters. The third-order valence-corrected chi connectivity index (χ3v) is 2.22. The monoisotopic (exact) mass is 211 g/mol. The Kier molecular flexibility index (Phi) is 4.27. The molecule has 5 heteroatoms. The highest BCUT2D eigenvalue weighted by molar-refractivity contribution is 5.66. The summed E-state index contributed by atoms with van der Waals surface area (Å²) in [4.78, 5) is 14.5. The summed E-state index contributed by atoms with van der Waals surface area (Å²) in [6, 6.07) is 0. The summed E-state index contributed by atoms with van der Waals surface area (Å²) in [6.07, 6.45) is 2.87. The van der Waals surface area contributed by atoms with Gasteiger partial charge in [-0.25, -0.2) is 4.98 Å². The van der Waals surface area contributed by atoms with E-state index in [1.165, 1.54) is 0 Å². The van der Waals surface area contributed by atoms with Gasteiger partial charge in [-0.1, -0.05) is 6.42 Å². The molecule has 0 aliphatic rings. The minimum Gasteiger partial charge on any atom is -0.481 e. The number of carboxylic acids is 1. The van der Waals surface area contributed by atoms with E-state index >= 15 is 0 Å². The first-order chi connectivity index (χ1) is 7.09. The van der Waals surface area contributed by atoms with Crippen LogP contribution in [-0.2, 0) is 11.3 Å². The highest BCUT2D eigenvalue weighted by Crippen LogP contribution is 2.03. The average Bonchev–Trinajstić information content (AvgIpc) is 2.44. The van der Waals surface area contributed by atoms with Crippen molar-refractivity contribution in [2.24, 2.45) is 0 Å². The molecule has 0 saturated carbocycles. The van der Waals surface area contributed by atoms with Crippen molar-refractivity contribution in [3.63, 3.8) is 0 Å². The summed E-state index contributed by atoms with van der Waals surface area (Å²) in [5, 5.41) is 12.7. The predicted molar refractivity (Wildman–Crippen MR) is 55.6 cm³/mol. The molecule has 5 nitrogen and oxygen atoms in total. The standard InChI is InChI=1S/C10H17N3O2/c1-8-11-9(2)13(12-8)7-5-3-4-6-10(14)15/h3-7H2,1-2H3,(H,14,15). The van der Waals surface area contributed by atoms with E-state index in [4.69, 9.17) is 5.11 Å². The zero-order valence-electron chi connectivity index (χ0n) is 9.23. The van der Waals surface area contributed by atoms with Crippen LogP contribution in [0.15, 0.2) is 0 Å². The van der Waals surface area contributed by atoms with Crippen molar-refractivity contribution in [2.75, 3.05) is 0 Å². The van der Waals surface area contributed by atoms with E-state index in [-0.39, 0.29) is 6.42 Å². The number of hydrogen-bond donors (Lipinski definition) is 1. The third kappa shape index (κ3) is 4.10. The third-order valence-electron chi connectivity index (χ3n) is 2.22. The number of carboxylic acid groups (broad SMARTS) is 1. The maximum atomic E-state index is 10.3. The lowest BCUT2D eigenvalue weighted by Crippen LogP contribution is -2.03. The molecule has 0 unspecified atom stereocenters. The van der Waals surface area contributed by atoms with E-state index in [2.05, 4.69) is 10.1 Å². The second-order valence-corrected chi connectivity index (χ2v) is 3.63. The van der Waals surface area contributed by atoms with E-state index in [1.54, 1.807) is 0 Å². The van der Waals surface area contributed by atoms with Crippen LogP contribution in [0.3, 0.4) is 0 Å². The molecule has 15 heavy (non-hydrogen) atoms. The molecule has 0 spiro atoms. The molecule has 0 saturated heterocycles. The van der Waals surface area contributed by atoms with Gasteiger partial charge in [0.25, 0.3) is 0 Å². The fourth-order valence-electron chi connectivity index (χ4n) is 1.49. The Morgan fingerprint density at radius 2 is 2.07 bits per heavy atom. The first-order valence-electron chi connectivity index (χ1n) is 5.19. The van der Waals surface area contributed by atoms with E-state index in [0.717, 1.165) is 37.5 Å². The smallest absolute Gasteiger partial charge is 0.303 e. The Morgan fingerprint density at radius 1 is 1.33 bits per heavy atom. The second kappa shape index (κ2) is 5.48. The minimum atomic E-state index is -0.720. The molecule has 1 aromatic heterocycles. The molecule has 0 aliphatic heterocycles. The number of hydrogen-bond acceptors (Lipinski definition) is 3. The summed E-state index contributed by atoms with van der Waals surface area (Å²) in [5.41, 5.74) is 0. The average molecular weight is 211 g/mol. The molecule has 0 aromatic carbocycles. The van der Waals surface area contributed by atoms with Gasteiger partial charge in [0.05, 0.1) is 0 Å². The lowest BCUT2D eigenvalue weighted by Gasteiger charge is -2.01. The lowest BCUT2D eigenvalue weighted by atomic mass is 10.2. The van der Waals surface area contributed by atoms with Crippen molar-refractivity contribution >= 4 is 5.97 Å². The SMILES string of the molecule is Cc1nc(C)n(CCCCCC(=O)O)n1. The second-order valence-electron chi connectivity index (χ2n) is 3.63. The van der Waals surface area contributed by atoms with Gasteiger partial charge in [0.1, 0.15) is 11.6 Å². The normalized spacial score (nSPS) is 10.5. The van der Waals surface area contributed by atoms with Crippen LogP contribution >= 0.6 is 0 Å². The molecular formula is C10H17N3O2. The summed E-state index contributed by atoms with van der Waals surface area (Å²) in [5.74, 6) is 0.992. The van der Waals surface area contributed by atoms with Crippen molar-refractivity contribution in [1.29, 1.82) is 0 Å². The van der Waals surface area contributed by atoms with Crippen LogP contribution < -0.4 is 0 Å². The van der Waals surface area contributed by atoms with Gasteiger partial charge in [0.2, 0.25) is 0 Å². The van der Waals surface area contributed by atoms with Gasteiger partial charge in [-0.05, 0) is 26.7 Å². The first kappa shape index (κ1) is 11.7. The van der Waals surface area contributed by atoms with Crippen LogP contribution in [0.25, 0.3) is 0 Å². The van der Waals surface area contributed by atoms with Gasteiger partial charge < -0.3 is 5.11 Å². The van der Waals surface area contributed by atoms with Gasteiger partial charge in [0.15, 0.2) is 0 Å². The Hall–Kier alpha value is -1.39. The summed E-state index contributed by atoms with van der Waals surface area (Å²) >= 11 is 0. The molecule has 0 fully saturated rings. The molecule has 0 amide bonds. The molecule has 0 aliphatic carbocycles. The number of aryl methyl sites for hydroxylation is 3. The van der Waals surface area contributed by atoms with Gasteiger partial charge >= 0.3 is 5.97 Å². The first-order valence-corrected chi connectivity index (χ1v) is 5.19. The van der Waals surface area contributed by atoms with Gasteiger partial charge in [-0.3, -0.25) is 9.48 Å². The van der Waals surface area contributed by atoms with Crippen LogP contribution in [0.1, 0.15) is 37.3 Å². The van der Waals surface area contributed by atoms with Crippen LogP contribution in [-0.4, -0.2) is 25.8 Å². The fourth-order valence-corrected chi connectivity index (χ4v) is 1.49. The number of rotatable bonds is 6. The van der Waals surface area contributed by atoms with Crippen molar-refractivity contribution in [2.45, 2.75) is 46.1 Å². The number of carbonyl (C=O) groups is 1. The summed E-state index contributed by atoms with van der Waals surface area (Å²) in [6.45, 7) is 4.62.